The Balaban J connectivity index is 1.48. The fourth-order valence-corrected chi connectivity index (χ4v) is 3.41. The van der Waals surface area contributed by atoms with Crippen LogP contribution in [0.15, 0.2) is 97.2 Å². The van der Waals surface area contributed by atoms with Crippen LogP contribution in [-0.4, -0.2) is 30.5 Å². The first kappa shape index (κ1) is 25.4. The molecule has 4 aromatic rings. The molecule has 1 heterocycles. The van der Waals surface area contributed by atoms with E-state index in [0.29, 0.717) is 41.8 Å². The fraction of sp³-hybridized carbons (Fsp3) is 0.138. The summed E-state index contributed by atoms with van der Waals surface area (Å²) in [6.45, 7) is 0.638. The molecule has 8 nitrogen and oxygen atoms in total. The molecule has 2 N–H and O–H groups in total. The normalized spacial score (nSPS) is 10.4. The van der Waals surface area contributed by atoms with E-state index in [1.165, 1.54) is 13.3 Å². The molecule has 0 bridgehead atoms. The summed E-state index contributed by atoms with van der Waals surface area (Å²) in [6, 6.07) is 27.9. The van der Waals surface area contributed by atoms with E-state index in [1.807, 2.05) is 60.7 Å². The van der Waals surface area contributed by atoms with E-state index in [0.717, 1.165) is 11.1 Å². The molecule has 2 amide bonds. The van der Waals surface area contributed by atoms with Crippen molar-refractivity contribution in [1.82, 2.24) is 4.98 Å². The molecular formula is C29H27N3O5. The maximum absolute atomic E-state index is 13.1. The van der Waals surface area contributed by atoms with Gasteiger partial charge in [-0.05, 0) is 35.4 Å². The van der Waals surface area contributed by atoms with E-state index >= 15 is 0 Å². The van der Waals surface area contributed by atoms with Crippen molar-refractivity contribution in [1.29, 1.82) is 0 Å². The van der Waals surface area contributed by atoms with E-state index in [2.05, 4.69) is 15.6 Å². The van der Waals surface area contributed by atoms with E-state index in [-0.39, 0.29) is 18.4 Å². The van der Waals surface area contributed by atoms with E-state index in [1.54, 1.807) is 30.3 Å². The molecule has 0 aliphatic rings. The van der Waals surface area contributed by atoms with Crippen LogP contribution in [0.25, 0.3) is 0 Å². The van der Waals surface area contributed by atoms with Crippen molar-refractivity contribution in [2.75, 3.05) is 24.4 Å². The van der Waals surface area contributed by atoms with Crippen molar-refractivity contribution in [3.63, 3.8) is 0 Å². The van der Waals surface area contributed by atoms with Gasteiger partial charge in [0, 0.05) is 18.7 Å². The number of amides is 2. The fourth-order valence-electron chi connectivity index (χ4n) is 3.41. The van der Waals surface area contributed by atoms with Crippen LogP contribution in [0.2, 0.25) is 0 Å². The Morgan fingerprint density at radius 1 is 0.757 bits per heavy atom. The highest BCUT2D eigenvalue weighted by atomic mass is 16.5. The van der Waals surface area contributed by atoms with Gasteiger partial charge in [0.25, 0.3) is 5.91 Å². The van der Waals surface area contributed by atoms with Gasteiger partial charge in [-0.3, -0.25) is 9.59 Å². The second kappa shape index (κ2) is 12.9. The van der Waals surface area contributed by atoms with Crippen LogP contribution >= 0.6 is 0 Å². The lowest BCUT2D eigenvalue weighted by molar-refractivity contribution is -0.119. The van der Waals surface area contributed by atoms with Crippen LogP contribution in [0.4, 0.5) is 11.5 Å². The third kappa shape index (κ3) is 7.91. The second-order valence-corrected chi connectivity index (χ2v) is 8.11. The SMILES string of the molecule is COCC(=O)Nc1ccc(NC(=O)c2cc(OCc3ccccc3)cc(OCc3ccccc3)c2)nc1. The Kier molecular flexibility index (Phi) is 8.82. The average molecular weight is 498 g/mol. The smallest absolute Gasteiger partial charge is 0.257 e. The molecule has 0 atom stereocenters. The Labute approximate surface area is 215 Å². The van der Waals surface area contributed by atoms with Crippen LogP contribution in [0, 0.1) is 0 Å². The van der Waals surface area contributed by atoms with Gasteiger partial charge in [0.05, 0.1) is 11.9 Å². The van der Waals surface area contributed by atoms with E-state index in [9.17, 15) is 9.59 Å². The first-order valence-corrected chi connectivity index (χ1v) is 11.6. The lowest BCUT2D eigenvalue weighted by Gasteiger charge is -2.13. The second-order valence-electron chi connectivity index (χ2n) is 8.11. The van der Waals surface area contributed by atoms with Crippen molar-refractivity contribution in [3.8, 4) is 11.5 Å². The summed E-state index contributed by atoms with van der Waals surface area (Å²) >= 11 is 0. The first-order chi connectivity index (χ1) is 18.1. The maximum atomic E-state index is 13.1. The van der Waals surface area contributed by atoms with Gasteiger partial charge in [-0.15, -0.1) is 0 Å². The summed E-state index contributed by atoms with van der Waals surface area (Å²) in [5, 5.41) is 5.42. The standard InChI is InChI=1S/C29H27N3O5/c1-35-20-28(33)31-24-12-13-27(30-17-24)32-29(34)23-14-25(36-18-21-8-4-2-5-9-21)16-26(15-23)37-19-22-10-6-3-7-11-22/h2-17H,18-20H2,1H3,(H,31,33)(H,30,32,34). The average Bonchev–Trinajstić information content (AvgIpc) is 2.93. The molecule has 37 heavy (non-hydrogen) atoms. The molecule has 8 heteroatoms. The molecule has 0 fully saturated rings. The molecule has 4 rings (SSSR count). The molecule has 0 spiro atoms. The van der Waals surface area contributed by atoms with Crippen molar-refractivity contribution in [2.24, 2.45) is 0 Å². The summed E-state index contributed by atoms with van der Waals surface area (Å²) in [6.07, 6.45) is 1.46. The lowest BCUT2D eigenvalue weighted by atomic mass is 10.1. The van der Waals surface area contributed by atoms with Gasteiger partial charge in [0.2, 0.25) is 5.91 Å². The summed E-state index contributed by atoms with van der Waals surface area (Å²) in [5.41, 5.74) is 2.86. The van der Waals surface area contributed by atoms with Gasteiger partial charge in [0.1, 0.15) is 37.1 Å². The summed E-state index contributed by atoms with van der Waals surface area (Å²) in [7, 11) is 1.44. The highest BCUT2D eigenvalue weighted by Crippen LogP contribution is 2.25. The largest absolute Gasteiger partial charge is 0.489 e. The molecule has 0 radical (unpaired) electrons. The summed E-state index contributed by atoms with van der Waals surface area (Å²) < 4.78 is 16.7. The topological polar surface area (TPSA) is 98.8 Å². The molecular weight excluding hydrogens is 470 g/mol. The number of nitrogens with zero attached hydrogens (tertiary/aromatic N) is 1. The Hall–Kier alpha value is -4.69. The minimum Gasteiger partial charge on any atom is -0.489 e. The van der Waals surface area contributed by atoms with Gasteiger partial charge in [0.15, 0.2) is 0 Å². The number of hydrogen-bond donors (Lipinski definition) is 2. The first-order valence-electron chi connectivity index (χ1n) is 11.6. The zero-order chi connectivity index (χ0) is 25.9. The molecule has 0 aliphatic carbocycles. The molecule has 0 aliphatic heterocycles. The molecule has 0 saturated heterocycles. The quantitative estimate of drug-likeness (QED) is 0.300. The highest BCUT2D eigenvalue weighted by molar-refractivity contribution is 6.04. The minimum atomic E-state index is -0.376. The zero-order valence-electron chi connectivity index (χ0n) is 20.3. The number of rotatable bonds is 11. The lowest BCUT2D eigenvalue weighted by Crippen LogP contribution is -2.17. The summed E-state index contributed by atoms with van der Waals surface area (Å²) in [5.74, 6) is 0.666. The Morgan fingerprint density at radius 3 is 1.86 bits per heavy atom. The predicted octanol–water partition coefficient (Wildman–Crippen LogP) is 5.08. The van der Waals surface area contributed by atoms with Crippen LogP contribution in [0.3, 0.4) is 0 Å². The number of hydrogen-bond acceptors (Lipinski definition) is 6. The van der Waals surface area contributed by atoms with Crippen molar-refractivity contribution in [3.05, 3.63) is 114 Å². The van der Waals surface area contributed by atoms with Crippen molar-refractivity contribution in [2.45, 2.75) is 13.2 Å². The third-order valence-corrected chi connectivity index (χ3v) is 5.20. The number of carbonyl (C=O) groups excluding carboxylic acids is 2. The molecule has 0 saturated carbocycles. The number of nitrogens with one attached hydrogen (secondary N) is 2. The van der Waals surface area contributed by atoms with Crippen LogP contribution < -0.4 is 20.1 Å². The van der Waals surface area contributed by atoms with Gasteiger partial charge in [-0.25, -0.2) is 4.98 Å². The predicted molar refractivity (Wildman–Crippen MR) is 141 cm³/mol. The van der Waals surface area contributed by atoms with Crippen LogP contribution in [-0.2, 0) is 22.7 Å². The van der Waals surface area contributed by atoms with Gasteiger partial charge in [-0.1, -0.05) is 60.7 Å². The monoisotopic (exact) mass is 497 g/mol. The van der Waals surface area contributed by atoms with Gasteiger partial charge in [-0.2, -0.15) is 0 Å². The highest BCUT2D eigenvalue weighted by Gasteiger charge is 2.13. The van der Waals surface area contributed by atoms with Crippen molar-refractivity contribution >= 4 is 23.3 Å². The number of ether oxygens (including phenoxy) is 3. The van der Waals surface area contributed by atoms with E-state index < -0.39 is 0 Å². The number of pyridine rings is 1. The van der Waals surface area contributed by atoms with Gasteiger partial charge < -0.3 is 24.8 Å². The zero-order valence-corrected chi connectivity index (χ0v) is 20.3. The minimum absolute atomic E-state index is 0.0597. The number of methoxy groups -OCH3 is 1. The third-order valence-electron chi connectivity index (χ3n) is 5.20. The number of aromatic nitrogens is 1. The van der Waals surface area contributed by atoms with Crippen LogP contribution in [0.1, 0.15) is 21.5 Å². The number of anilines is 2. The molecule has 0 unspecified atom stereocenters. The molecule has 1 aromatic heterocycles. The van der Waals surface area contributed by atoms with E-state index in [4.69, 9.17) is 14.2 Å². The Morgan fingerprint density at radius 2 is 1.35 bits per heavy atom. The van der Waals surface area contributed by atoms with Crippen molar-refractivity contribution < 1.29 is 23.8 Å². The molecule has 3 aromatic carbocycles. The van der Waals surface area contributed by atoms with Gasteiger partial charge >= 0.3 is 0 Å². The summed E-state index contributed by atoms with van der Waals surface area (Å²) in [4.78, 5) is 28.9. The maximum Gasteiger partial charge on any atom is 0.257 e. The van der Waals surface area contributed by atoms with Crippen LogP contribution in [0.5, 0.6) is 11.5 Å². The Bertz CT molecular complexity index is 1250. The number of carbonyl (C=O) groups is 2. The number of benzene rings is 3. The molecule has 188 valence electrons.